The van der Waals surface area contributed by atoms with Gasteiger partial charge in [0.2, 0.25) is 5.82 Å². The fraction of sp³-hybridized carbons (Fsp3) is 0.250. The summed E-state index contributed by atoms with van der Waals surface area (Å²) in [6.07, 6.45) is 1.92. The van der Waals surface area contributed by atoms with Gasteiger partial charge < -0.3 is 14.0 Å². The Bertz CT molecular complexity index is 793. The average molecular weight is 351 g/mol. The van der Waals surface area contributed by atoms with Crippen LogP contribution in [0.15, 0.2) is 41.1 Å². The molecule has 0 unspecified atom stereocenters. The fourth-order valence-corrected chi connectivity index (χ4v) is 2.57. The second-order valence-electron chi connectivity index (χ2n) is 5.44. The zero-order valence-electron chi connectivity index (χ0n) is 12.8. The Kier molecular flexibility index (Phi) is 4.71. The van der Waals surface area contributed by atoms with Crippen molar-refractivity contribution in [3.8, 4) is 23.0 Å². The molecule has 2 aromatic heterocycles. The summed E-state index contributed by atoms with van der Waals surface area (Å²) in [6.45, 7) is 1.67. The molecule has 0 radical (unpaired) electrons. The van der Waals surface area contributed by atoms with Crippen LogP contribution in [0.4, 0.5) is 0 Å². The van der Waals surface area contributed by atoms with Crippen molar-refractivity contribution in [1.29, 1.82) is 0 Å². The molecule has 0 bridgehead atoms. The van der Waals surface area contributed by atoms with E-state index in [0.717, 1.165) is 24.3 Å². The van der Waals surface area contributed by atoms with E-state index in [2.05, 4.69) is 15.0 Å². The summed E-state index contributed by atoms with van der Waals surface area (Å²) in [6, 6.07) is 9.12. The van der Waals surface area contributed by atoms with Crippen molar-refractivity contribution >= 4 is 23.2 Å². The van der Waals surface area contributed by atoms with Crippen LogP contribution in [0.3, 0.4) is 0 Å². The molecule has 3 rings (SSSR count). The third kappa shape index (κ3) is 3.58. The number of nitrogens with zero attached hydrogens (tertiary/aromatic N) is 4. The Balaban J connectivity index is 1.91. The van der Waals surface area contributed by atoms with Gasteiger partial charge in [-0.3, -0.25) is 0 Å². The SMILES string of the molecule is CN(C)CCn1ccc(Cl)c1-c1nc(-c2ccc(Cl)cc2)no1. The topological polar surface area (TPSA) is 47.1 Å². The predicted octanol–water partition coefficient (Wildman–Crippen LogP) is 4.07. The van der Waals surface area contributed by atoms with Crippen LogP contribution in [0.5, 0.6) is 0 Å². The number of halogens is 2. The van der Waals surface area contributed by atoms with Gasteiger partial charge in [0.15, 0.2) is 0 Å². The Labute approximate surface area is 144 Å². The monoisotopic (exact) mass is 350 g/mol. The molecule has 1 aromatic carbocycles. The molecule has 0 saturated heterocycles. The minimum absolute atomic E-state index is 0.406. The van der Waals surface area contributed by atoms with E-state index in [1.165, 1.54) is 0 Å². The fourth-order valence-electron chi connectivity index (χ4n) is 2.20. The quantitative estimate of drug-likeness (QED) is 0.695. The number of hydrogen-bond donors (Lipinski definition) is 0. The lowest BCUT2D eigenvalue weighted by Gasteiger charge is -2.11. The van der Waals surface area contributed by atoms with Gasteiger partial charge in [0.1, 0.15) is 5.69 Å². The number of benzene rings is 1. The van der Waals surface area contributed by atoms with Gasteiger partial charge >= 0.3 is 0 Å². The van der Waals surface area contributed by atoms with Crippen LogP contribution in [0.25, 0.3) is 23.0 Å². The second kappa shape index (κ2) is 6.74. The van der Waals surface area contributed by atoms with Gasteiger partial charge in [-0.1, -0.05) is 28.4 Å². The number of rotatable bonds is 5. The van der Waals surface area contributed by atoms with Crippen molar-refractivity contribution in [2.24, 2.45) is 0 Å². The molecule has 120 valence electrons. The Morgan fingerprint density at radius 1 is 1.13 bits per heavy atom. The summed E-state index contributed by atoms with van der Waals surface area (Å²) in [5.41, 5.74) is 1.58. The van der Waals surface area contributed by atoms with Crippen LogP contribution in [0.2, 0.25) is 10.0 Å². The molecule has 0 aliphatic heterocycles. The van der Waals surface area contributed by atoms with Crippen LogP contribution in [-0.2, 0) is 6.54 Å². The molecule has 7 heteroatoms. The zero-order chi connectivity index (χ0) is 16.4. The van der Waals surface area contributed by atoms with Crippen LogP contribution < -0.4 is 0 Å². The smallest absolute Gasteiger partial charge is 0.276 e. The molecule has 2 heterocycles. The molecule has 5 nitrogen and oxygen atoms in total. The molecule has 0 saturated carbocycles. The van der Waals surface area contributed by atoms with Gasteiger partial charge in [0.05, 0.1) is 5.02 Å². The highest BCUT2D eigenvalue weighted by atomic mass is 35.5. The predicted molar refractivity (Wildman–Crippen MR) is 91.7 cm³/mol. The van der Waals surface area contributed by atoms with Crippen molar-refractivity contribution in [3.05, 3.63) is 46.6 Å². The standard InChI is InChI=1S/C16H16Cl2N4O/c1-21(2)9-10-22-8-7-13(18)14(22)16-19-15(20-23-16)11-3-5-12(17)6-4-11/h3-8H,9-10H2,1-2H3. The van der Waals surface area contributed by atoms with E-state index in [9.17, 15) is 0 Å². The van der Waals surface area contributed by atoms with Gasteiger partial charge in [-0.25, -0.2) is 0 Å². The summed E-state index contributed by atoms with van der Waals surface area (Å²) in [5.74, 6) is 0.914. The first-order chi connectivity index (χ1) is 11.0. The largest absolute Gasteiger partial charge is 0.341 e. The van der Waals surface area contributed by atoms with Crippen LogP contribution in [0.1, 0.15) is 0 Å². The number of hydrogen-bond acceptors (Lipinski definition) is 4. The molecular formula is C16H16Cl2N4O. The Morgan fingerprint density at radius 2 is 1.87 bits per heavy atom. The highest BCUT2D eigenvalue weighted by Crippen LogP contribution is 2.29. The minimum atomic E-state index is 0.406. The molecular weight excluding hydrogens is 335 g/mol. The highest BCUT2D eigenvalue weighted by molar-refractivity contribution is 6.33. The van der Waals surface area contributed by atoms with E-state index in [1.54, 1.807) is 12.1 Å². The maximum absolute atomic E-state index is 6.29. The summed E-state index contributed by atoms with van der Waals surface area (Å²) < 4.78 is 7.42. The van der Waals surface area contributed by atoms with Crippen molar-refractivity contribution < 1.29 is 4.52 Å². The third-order valence-electron chi connectivity index (χ3n) is 3.43. The molecule has 0 N–H and O–H groups in total. The van der Waals surface area contributed by atoms with Crippen molar-refractivity contribution in [3.63, 3.8) is 0 Å². The third-order valence-corrected chi connectivity index (χ3v) is 3.99. The summed E-state index contributed by atoms with van der Waals surface area (Å²) in [4.78, 5) is 6.56. The first-order valence-electron chi connectivity index (χ1n) is 7.14. The first kappa shape index (κ1) is 16.1. The molecule has 23 heavy (non-hydrogen) atoms. The zero-order valence-corrected chi connectivity index (χ0v) is 14.3. The summed E-state index contributed by atoms with van der Waals surface area (Å²) in [5, 5.41) is 5.30. The van der Waals surface area contributed by atoms with Gasteiger partial charge in [0, 0.05) is 29.9 Å². The van der Waals surface area contributed by atoms with Gasteiger partial charge in [-0.15, -0.1) is 0 Å². The molecule has 0 spiro atoms. The second-order valence-corrected chi connectivity index (χ2v) is 6.28. The van der Waals surface area contributed by atoms with Crippen molar-refractivity contribution in [1.82, 2.24) is 19.6 Å². The van der Waals surface area contributed by atoms with E-state index in [0.29, 0.717) is 21.8 Å². The van der Waals surface area contributed by atoms with E-state index < -0.39 is 0 Å². The molecule has 0 aliphatic carbocycles. The highest BCUT2D eigenvalue weighted by Gasteiger charge is 2.18. The van der Waals surface area contributed by atoms with E-state index >= 15 is 0 Å². The molecule has 0 aliphatic rings. The average Bonchev–Trinajstić information content (AvgIpc) is 3.12. The van der Waals surface area contributed by atoms with Gasteiger partial charge in [0.25, 0.3) is 5.89 Å². The van der Waals surface area contributed by atoms with Gasteiger partial charge in [-0.05, 0) is 44.4 Å². The normalized spacial score (nSPS) is 11.3. The van der Waals surface area contributed by atoms with Crippen LogP contribution >= 0.6 is 23.2 Å². The Morgan fingerprint density at radius 3 is 2.57 bits per heavy atom. The van der Waals surface area contributed by atoms with E-state index in [4.69, 9.17) is 27.7 Å². The van der Waals surface area contributed by atoms with Crippen LogP contribution in [0, 0.1) is 0 Å². The molecule has 0 fully saturated rings. The maximum Gasteiger partial charge on any atom is 0.276 e. The maximum atomic E-state index is 6.29. The minimum Gasteiger partial charge on any atom is -0.341 e. The number of aromatic nitrogens is 3. The lowest BCUT2D eigenvalue weighted by molar-refractivity contribution is 0.382. The van der Waals surface area contributed by atoms with Gasteiger partial charge in [-0.2, -0.15) is 4.98 Å². The lowest BCUT2D eigenvalue weighted by atomic mass is 10.2. The Hall–Kier alpha value is -1.82. The lowest BCUT2D eigenvalue weighted by Crippen LogP contribution is -2.18. The number of likely N-dealkylation sites (N-methyl/N-ethyl adjacent to an activating group) is 1. The first-order valence-corrected chi connectivity index (χ1v) is 7.89. The van der Waals surface area contributed by atoms with Crippen molar-refractivity contribution in [2.75, 3.05) is 20.6 Å². The molecule has 0 amide bonds. The molecule has 3 aromatic rings. The molecule has 0 atom stereocenters. The van der Waals surface area contributed by atoms with Crippen LogP contribution in [-0.4, -0.2) is 40.2 Å². The van der Waals surface area contributed by atoms with E-state index in [-0.39, 0.29) is 0 Å². The van der Waals surface area contributed by atoms with Crippen molar-refractivity contribution in [2.45, 2.75) is 6.54 Å². The summed E-state index contributed by atoms with van der Waals surface area (Å²) >= 11 is 12.2. The van der Waals surface area contributed by atoms with E-state index in [1.807, 2.05) is 43.1 Å². The summed E-state index contributed by atoms with van der Waals surface area (Å²) in [7, 11) is 4.05.